The Morgan fingerprint density at radius 2 is 2.07 bits per heavy atom. The van der Waals surface area contributed by atoms with Gasteiger partial charge in [0, 0.05) is 5.02 Å². The van der Waals surface area contributed by atoms with Crippen LogP contribution < -0.4 is 10.1 Å². The number of para-hydroxylation sites is 1. The van der Waals surface area contributed by atoms with Crippen LogP contribution in [0.15, 0.2) is 60.9 Å². The fourth-order valence-electron chi connectivity index (χ4n) is 2.57. The van der Waals surface area contributed by atoms with Gasteiger partial charge in [0.25, 0.3) is 0 Å². The largest absolute Gasteiger partial charge is 0.471 e. The first-order valence-electron chi connectivity index (χ1n) is 8.16. The molecule has 4 aromatic rings. The zero-order valence-electron chi connectivity index (χ0n) is 14.1. The van der Waals surface area contributed by atoms with Crippen LogP contribution in [0, 0.1) is 0 Å². The van der Waals surface area contributed by atoms with Gasteiger partial charge in [-0.25, -0.2) is 9.36 Å². The number of rotatable bonds is 6. The summed E-state index contributed by atoms with van der Waals surface area (Å²) in [7, 11) is 0. The summed E-state index contributed by atoms with van der Waals surface area (Å²) < 4.78 is 8.73. The Kier molecular flexibility index (Phi) is 4.71. The molecule has 8 nitrogen and oxygen atoms in total. The number of nitrogens with zero attached hydrogens (tertiary/aromatic N) is 5. The highest BCUT2D eigenvalue weighted by Crippen LogP contribution is 2.17. The fraction of sp³-hybridized carbons (Fsp3) is 0.111. The molecule has 0 aliphatic rings. The monoisotopic (exact) mass is 382 g/mol. The van der Waals surface area contributed by atoms with Crippen LogP contribution in [0.25, 0.3) is 11.0 Å². The lowest BCUT2D eigenvalue weighted by Gasteiger charge is -2.06. The van der Waals surface area contributed by atoms with Crippen molar-refractivity contribution in [2.24, 2.45) is 0 Å². The van der Waals surface area contributed by atoms with Crippen LogP contribution >= 0.6 is 11.6 Å². The van der Waals surface area contributed by atoms with Gasteiger partial charge < -0.3 is 10.1 Å². The highest BCUT2D eigenvalue weighted by molar-refractivity contribution is 6.30. The predicted octanol–water partition coefficient (Wildman–Crippen LogP) is 2.96. The first kappa shape index (κ1) is 17.0. The molecule has 0 fully saturated rings. The Balaban J connectivity index is 1.35. The van der Waals surface area contributed by atoms with Crippen molar-refractivity contribution in [1.29, 1.82) is 0 Å². The number of aromatic nitrogens is 5. The van der Waals surface area contributed by atoms with Crippen molar-refractivity contribution in [3.8, 4) is 5.75 Å². The number of ether oxygens (including phenoxy) is 1. The van der Waals surface area contributed by atoms with Crippen molar-refractivity contribution in [2.45, 2.75) is 13.3 Å². The smallest absolute Gasteiger partial charge is 0.246 e. The summed E-state index contributed by atoms with van der Waals surface area (Å²) in [6.07, 6.45) is 3.24. The van der Waals surface area contributed by atoms with Crippen molar-refractivity contribution < 1.29 is 9.53 Å². The van der Waals surface area contributed by atoms with E-state index < -0.39 is 0 Å². The normalized spacial score (nSPS) is 10.9. The molecular weight excluding hydrogens is 368 g/mol. The SMILES string of the molecule is O=C(Cn1nnc2ccccc21)Nc1cnn(COc2cccc(Cl)c2)c1. The van der Waals surface area contributed by atoms with E-state index in [2.05, 4.69) is 20.7 Å². The summed E-state index contributed by atoms with van der Waals surface area (Å²) in [5, 5.41) is 15.6. The molecule has 0 radical (unpaired) electrons. The van der Waals surface area contributed by atoms with Gasteiger partial charge in [0.1, 0.15) is 17.8 Å². The average Bonchev–Trinajstić information content (AvgIpc) is 3.27. The molecular formula is C18H15ClN6O2. The number of amides is 1. The molecule has 1 N–H and O–H groups in total. The first-order chi connectivity index (χ1) is 13.2. The lowest BCUT2D eigenvalue weighted by Crippen LogP contribution is -2.19. The van der Waals surface area contributed by atoms with E-state index in [1.807, 2.05) is 24.3 Å². The minimum Gasteiger partial charge on any atom is -0.471 e. The summed E-state index contributed by atoms with van der Waals surface area (Å²) in [5.74, 6) is 0.419. The number of carbonyl (C=O) groups is 1. The molecule has 0 saturated heterocycles. The van der Waals surface area contributed by atoms with Crippen LogP contribution in [0.5, 0.6) is 5.75 Å². The maximum absolute atomic E-state index is 12.3. The zero-order chi connectivity index (χ0) is 18.6. The number of carbonyl (C=O) groups excluding carboxylic acids is 1. The third kappa shape index (κ3) is 4.06. The molecule has 1 amide bonds. The van der Waals surface area contributed by atoms with Crippen LogP contribution in [-0.2, 0) is 18.1 Å². The molecule has 0 atom stereocenters. The first-order valence-corrected chi connectivity index (χ1v) is 8.54. The van der Waals surface area contributed by atoms with Gasteiger partial charge >= 0.3 is 0 Å². The summed E-state index contributed by atoms with van der Waals surface area (Å²) in [6, 6.07) is 14.6. The van der Waals surface area contributed by atoms with Gasteiger partial charge in [0.15, 0.2) is 6.73 Å². The predicted molar refractivity (Wildman–Crippen MR) is 100 cm³/mol. The molecule has 2 aromatic carbocycles. The highest BCUT2D eigenvalue weighted by Gasteiger charge is 2.10. The Morgan fingerprint density at radius 3 is 2.96 bits per heavy atom. The van der Waals surface area contributed by atoms with E-state index in [0.717, 1.165) is 11.0 Å². The van der Waals surface area contributed by atoms with Gasteiger partial charge in [-0.3, -0.25) is 4.79 Å². The topological polar surface area (TPSA) is 86.9 Å². The summed E-state index contributed by atoms with van der Waals surface area (Å²) >= 11 is 5.92. The van der Waals surface area contributed by atoms with Gasteiger partial charge in [-0.15, -0.1) is 5.10 Å². The molecule has 136 valence electrons. The van der Waals surface area contributed by atoms with Crippen molar-refractivity contribution in [3.63, 3.8) is 0 Å². The number of hydrogen-bond donors (Lipinski definition) is 1. The van der Waals surface area contributed by atoms with Gasteiger partial charge in [-0.05, 0) is 30.3 Å². The number of benzene rings is 2. The van der Waals surface area contributed by atoms with E-state index in [9.17, 15) is 4.79 Å². The van der Waals surface area contributed by atoms with Gasteiger partial charge in [-0.1, -0.05) is 35.0 Å². The number of hydrogen-bond acceptors (Lipinski definition) is 5. The highest BCUT2D eigenvalue weighted by atomic mass is 35.5. The van der Waals surface area contributed by atoms with E-state index in [4.69, 9.17) is 16.3 Å². The molecule has 9 heteroatoms. The minimum atomic E-state index is -0.221. The van der Waals surface area contributed by atoms with E-state index >= 15 is 0 Å². The maximum atomic E-state index is 12.3. The molecule has 2 aromatic heterocycles. The molecule has 2 heterocycles. The molecule has 0 saturated carbocycles. The molecule has 0 aliphatic carbocycles. The van der Waals surface area contributed by atoms with Crippen LogP contribution in [0.2, 0.25) is 5.02 Å². The van der Waals surface area contributed by atoms with E-state index in [1.54, 1.807) is 46.0 Å². The van der Waals surface area contributed by atoms with Crippen molar-refractivity contribution in [2.75, 3.05) is 5.32 Å². The molecule has 0 bridgehead atoms. The molecule has 0 spiro atoms. The Morgan fingerprint density at radius 1 is 1.19 bits per heavy atom. The maximum Gasteiger partial charge on any atom is 0.246 e. The average molecular weight is 383 g/mol. The van der Waals surface area contributed by atoms with Crippen LogP contribution in [-0.4, -0.2) is 30.7 Å². The van der Waals surface area contributed by atoms with Gasteiger partial charge in [-0.2, -0.15) is 5.10 Å². The van der Waals surface area contributed by atoms with Crippen molar-refractivity contribution >= 4 is 34.2 Å². The van der Waals surface area contributed by atoms with Crippen LogP contribution in [0.4, 0.5) is 5.69 Å². The number of anilines is 1. The number of halogens is 1. The second-order valence-corrected chi connectivity index (χ2v) is 6.22. The van der Waals surface area contributed by atoms with E-state index in [1.165, 1.54) is 0 Å². The standard InChI is InChI=1S/C18H15ClN6O2/c19-13-4-3-5-15(8-13)27-12-24-10-14(9-20-24)21-18(26)11-25-17-7-2-1-6-16(17)22-23-25/h1-10H,11-12H2,(H,21,26). The minimum absolute atomic E-state index is 0.0602. The quantitative estimate of drug-likeness (QED) is 0.554. The van der Waals surface area contributed by atoms with Crippen LogP contribution in [0.3, 0.4) is 0 Å². The molecule has 27 heavy (non-hydrogen) atoms. The Hall–Kier alpha value is -3.39. The van der Waals surface area contributed by atoms with Crippen molar-refractivity contribution in [1.82, 2.24) is 24.8 Å². The lowest BCUT2D eigenvalue weighted by molar-refractivity contribution is -0.116. The molecule has 0 aliphatic heterocycles. The van der Waals surface area contributed by atoms with E-state index in [0.29, 0.717) is 16.5 Å². The van der Waals surface area contributed by atoms with Crippen LogP contribution in [0.1, 0.15) is 0 Å². The second kappa shape index (κ2) is 7.46. The Bertz CT molecular complexity index is 1090. The summed E-state index contributed by atoms with van der Waals surface area (Å²) in [4.78, 5) is 12.3. The number of fused-ring (bicyclic) bond motifs is 1. The van der Waals surface area contributed by atoms with E-state index in [-0.39, 0.29) is 19.2 Å². The number of nitrogens with one attached hydrogen (secondary N) is 1. The lowest BCUT2D eigenvalue weighted by atomic mass is 10.3. The second-order valence-electron chi connectivity index (χ2n) is 5.78. The van der Waals surface area contributed by atoms with Crippen molar-refractivity contribution in [3.05, 3.63) is 65.9 Å². The van der Waals surface area contributed by atoms with Gasteiger partial charge in [0.2, 0.25) is 5.91 Å². The fourth-order valence-corrected chi connectivity index (χ4v) is 2.75. The molecule has 0 unspecified atom stereocenters. The summed E-state index contributed by atoms with van der Waals surface area (Å²) in [5.41, 5.74) is 2.12. The van der Waals surface area contributed by atoms with Gasteiger partial charge in [0.05, 0.1) is 23.6 Å². The third-order valence-electron chi connectivity index (χ3n) is 3.79. The zero-order valence-corrected chi connectivity index (χ0v) is 14.9. The third-order valence-corrected chi connectivity index (χ3v) is 4.03. The Labute approximate surface area is 159 Å². The molecule has 4 rings (SSSR count). The summed E-state index contributed by atoms with van der Waals surface area (Å²) in [6.45, 7) is 0.259.